The molecule has 0 aromatic heterocycles. The van der Waals surface area contributed by atoms with Crippen LogP contribution in [0.3, 0.4) is 0 Å². The molecule has 0 spiro atoms. The monoisotopic (exact) mass is 171 g/mol. The second-order valence-corrected chi connectivity index (χ2v) is 3.52. The summed E-state index contributed by atoms with van der Waals surface area (Å²) in [6.07, 6.45) is 4.87. The van der Waals surface area contributed by atoms with Crippen LogP contribution < -0.4 is 5.73 Å². The Bertz CT molecular complexity index is 136. The zero-order valence-electron chi connectivity index (χ0n) is 8.26. The Morgan fingerprint density at radius 2 is 2.00 bits per heavy atom. The average Bonchev–Trinajstić information content (AvgIpc) is 2.04. The van der Waals surface area contributed by atoms with Crippen molar-refractivity contribution in [1.29, 1.82) is 0 Å². The Balaban J connectivity index is 3.88. The van der Waals surface area contributed by atoms with Gasteiger partial charge < -0.3 is 5.73 Å². The number of nitrogens with two attached hydrogens (primary N) is 1. The zero-order valence-corrected chi connectivity index (χ0v) is 8.26. The minimum Gasteiger partial charge on any atom is -0.330 e. The van der Waals surface area contributed by atoms with Gasteiger partial charge in [0, 0.05) is 0 Å². The van der Waals surface area contributed by atoms with Gasteiger partial charge in [-0.25, -0.2) is 0 Å². The summed E-state index contributed by atoms with van der Waals surface area (Å²) in [7, 11) is 3.79. The van der Waals surface area contributed by atoms with Gasteiger partial charge >= 0.3 is 0 Å². The van der Waals surface area contributed by atoms with Crippen molar-refractivity contribution in [3.05, 3.63) is 0 Å². The molecule has 0 heterocycles. The van der Waals surface area contributed by atoms with Gasteiger partial charge in [-0.15, -0.1) is 0 Å². The summed E-state index contributed by atoms with van der Waals surface area (Å²) >= 11 is 0. The highest BCUT2D eigenvalue weighted by Gasteiger charge is 2.26. The molecule has 0 aromatic carbocycles. The molecule has 0 fully saturated rings. The molecule has 12 heavy (non-hydrogen) atoms. The highest BCUT2D eigenvalue weighted by molar-refractivity contribution is 5.64. The van der Waals surface area contributed by atoms with Crippen LogP contribution in [0.2, 0.25) is 0 Å². The molecule has 0 aromatic rings. The molecule has 1 unspecified atom stereocenters. The number of nitrogens with zero attached hydrogens (tertiary/aromatic N) is 1. The topological polar surface area (TPSA) is 46.3 Å². The van der Waals surface area contributed by atoms with Crippen molar-refractivity contribution >= 4 is 6.29 Å². The van der Waals surface area contributed by atoms with E-state index in [0.29, 0.717) is 6.54 Å². The summed E-state index contributed by atoms with van der Waals surface area (Å²) in [5.41, 5.74) is 4.93. The van der Waals surface area contributed by atoms with Crippen molar-refractivity contribution in [2.24, 2.45) is 5.73 Å². The van der Waals surface area contributed by atoms with Crippen LogP contribution in [0.5, 0.6) is 0 Å². The molecule has 2 N–H and O–H groups in total. The van der Waals surface area contributed by atoms with Gasteiger partial charge in [-0.1, -0.05) is 0 Å². The van der Waals surface area contributed by atoms with Crippen molar-refractivity contribution in [1.82, 2.24) is 4.90 Å². The standard InChI is InChI=1S/C9H19N2O/c1-9(8-12,11(2)3)6-4-5-7-10/h4-7,10H2,1-3H3. The van der Waals surface area contributed by atoms with Gasteiger partial charge in [-0.3, -0.25) is 9.69 Å². The van der Waals surface area contributed by atoms with E-state index in [4.69, 9.17) is 5.73 Å². The highest BCUT2D eigenvalue weighted by atomic mass is 16.1. The maximum Gasteiger partial charge on any atom is 0.220 e. The Morgan fingerprint density at radius 3 is 2.33 bits per heavy atom. The maximum atomic E-state index is 10.7. The van der Waals surface area contributed by atoms with E-state index in [1.54, 1.807) is 0 Å². The third-order valence-corrected chi connectivity index (χ3v) is 2.32. The van der Waals surface area contributed by atoms with E-state index in [1.165, 1.54) is 0 Å². The van der Waals surface area contributed by atoms with E-state index in [0.717, 1.165) is 19.3 Å². The molecule has 71 valence electrons. The van der Waals surface area contributed by atoms with Crippen LogP contribution in [0, 0.1) is 0 Å². The normalized spacial score (nSPS) is 16.1. The fraction of sp³-hybridized carbons (Fsp3) is 0.889. The highest BCUT2D eigenvalue weighted by Crippen LogP contribution is 2.16. The second-order valence-electron chi connectivity index (χ2n) is 3.52. The summed E-state index contributed by atoms with van der Waals surface area (Å²) in [5, 5.41) is 0. The first-order valence-electron chi connectivity index (χ1n) is 4.33. The van der Waals surface area contributed by atoms with Crippen molar-refractivity contribution in [2.75, 3.05) is 20.6 Å². The Hall–Kier alpha value is -0.410. The minimum atomic E-state index is -0.435. The van der Waals surface area contributed by atoms with E-state index in [-0.39, 0.29) is 0 Å². The van der Waals surface area contributed by atoms with Gasteiger partial charge in [0.1, 0.15) is 0 Å². The Morgan fingerprint density at radius 1 is 1.42 bits per heavy atom. The van der Waals surface area contributed by atoms with E-state index in [9.17, 15) is 4.79 Å². The summed E-state index contributed by atoms with van der Waals surface area (Å²) in [4.78, 5) is 12.6. The summed E-state index contributed by atoms with van der Waals surface area (Å²) < 4.78 is 0. The number of carbonyl (C=O) groups excluding carboxylic acids is 1. The molecular weight excluding hydrogens is 152 g/mol. The fourth-order valence-electron chi connectivity index (χ4n) is 0.979. The molecule has 3 nitrogen and oxygen atoms in total. The van der Waals surface area contributed by atoms with Crippen LogP contribution in [0.15, 0.2) is 0 Å². The Labute approximate surface area is 74.9 Å². The number of hydrogen-bond donors (Lipinski definition) is 1. The summed E-state index contributed by atoms with van der Waals surface area (Å²) in [5.74, 6) is 0. The van der Waals surface area contributed by atoms with E-state index in [2.05, 4.69) is 6.29 Å². The molecule has 0 aliphatic carbocycles. The predicted molar refractivity (Wildman–Crippen MR) is 50.7 cm³/mol. The smallest absolute Gasteiger partial charge is 0.220 e. The first-order chi connectivity index (χ1) is 5.56. The van der Waals surface area contributed by atoms with Gasteiger partial charge in [0.25, 0.3) is 0 Å². The van der Waals surface area contributed by atoms with Gasteiger partial charge in [-0.2, -0.15) is 0 Å². The second kappa shape index (κ2) is 5.27. The third-order valence-electron chi connectivity index (χ3n) is 2.32. The van der Waals surface area contributed by atoms with E-state index in [1.807, 2.05) is 25.9 Å². The van der Waals surface area contributed by atoms with E-state index >= 15 is 0 Å². The lowest BCUT2D eigenvalue weighted by molar-refractivity contribution is 0.224. The van der Waals surface area contributed by atoms with Crippen molar-refractivity contribution in [2.45, 2.75) is 31.7 Å². The zero-order chi connectivity index (χ0) is 9.61. The SMILES string of the molecule is CN(C)C(C)([C]=O)CCCCN. The first-order valence-corrected chi connectivity index (χ1v) is 4.33. The van der Waals surface area contributed by atoms with Crippen LogP contribution in [0.4, 0.5) is 0 Å². The minimum absolute atomic E-state index is 0.435. The quantitative estimate of drug-likeness (QED) is 0.593. The molecular formula is C9H19N2O. The number of rotatable bonds is 6. The molecule has 0 aliphatic heterocycles. The predicted octanol–water partition coefficient (Wildman–Crippen LogP) is 0.545. The van der Waals surface area contributed by atoms with Crippen LogP contribution in [-0.2, 0) is 4.79 Å². The average molecular weight is 171 g/mol. The van der Waals surface area contributed by atoms with Crippen molar-refractivity contribution < 1.29 is 4.79 Å². The largest absolute Gasteiger partial charge is 0.330 e. The lowest BCUT2D eigenvalue weighted by atomic mass is 9.95. The Kier molecular flexibility index (Phi) is 5.09. The molecule has 0 amide bonds. The van der Waals surface area contributed by atoms with Crippen molar-refractivity contribution in [3.63, 3.8) is 0 Å². The van der Waals surface area contributed by atoms with Gasteiger partial charge in [0.2, 0.25) is 6.29 Å². The summed E-state index contributed by atoms with van der Waals surface area (Å²) in [6.45, 7) is 2.60. The lowest BCUT2D eigenvalue weighted by Gasteiger charge is -2.29. The molecule has 0 rings (SSSR count). The molecule has 0 aliphatic rings. The van der Waals surface area contributed by atoms with Gasteiger partial charge in [0.15, 0.2) is 0 Å². The van der Waals surface area contributed by atoms with Gasteiger partial charge in [-0.05, 0) is 46.8 Å². The number of hydrogen-bond acceptors (Lipinski definition) is 3. The maximum absolute atomic E-state index is 10.7. The third kappa shape index (κ3) is 3.32. The van der Waals surface area contributed by atoms with Crippen LogP contribution >= 0.6 is 0 Å². The molecule has 3 heteroatoms. The molecule has 1 radical (unpaired) electrons. The number of unbranched alkanes of at least 4 members (excludes halogenated alkanes) is 1. The summed E-state index contributed by atoms with van der Waals surface area (Å²) in [6, 6.07) is 0. The molecule has 0 saturated heterocycles. The van der Waals surface area contributed by atoms with Gasteiger partial charge in [0.05, 0.1) is 5.54 Å². The first kappa shape index (κ1) is 11.6. The van der Waals surface area contributed by atoms with Crippen molar-refractivity contribution in [3.8, 4) is 0 Å². The number of likely N-dealkylation sites (N-methyl/N-ethyl adjacent to an activating group) is 1. The van der Waals surface area contributed by atoms with Crippen LogP contribution in [0.1, 0.15) is 26.2 Å². The lowest BCUT2D eigenvalue weighted by Crippen LogP contribution is -2.42. The van der Waals surface area contributed by atoms with Crippen LogP contribution in [-0.4, -0.2) is 37.4 Å². The molecule has 1 atom stereocenters. The van der Waals surface area contributed by atoms with Crippen LogP contribution in [0.25, 0.3) is 0 Å². The van der Waals surface area contributed by atoms with E-state index < -0.39 is 5.54 Å². The molecule has 0 bridgehead atoms. The fourth-order valence-corrected chi connectivity index (χ4v) is 0.979. The molecule has 0 saturated carbocycles.